The van der Waals surface area contributed by atoms with Crippen molar-refractivity contribution in [2.24, 2.45) is 0 Å². The Morgan fingerprint density at radius 2 is 1.76 bits per heavy atom. The lowest BCUT2D eigenvalue weighted by atomic mass is 9.83. The zero-order chi connectivity index (χ0) is 21.4. The molecule has 1 aromatic heterocycles. The van der Waals surface area contributed by atoms with Crippen molar-refractivity contribution in [1.82, 2.24) is 15.0 Å². The van der Waals surface area contributed by atoms with Crippen molar-refractivity contribution in [2.45, 2.75) is 44.8 Å². The van der Waals surface area contributed by atoms with E-state index in [4.69, 9.17) is 5.11 Å². The van der Waals surface area contributed by atoms with Crippen LogP contribution in [0.2, 0.25) is 0 Å². The number of carboxylic acids is 1. The predicted molar refractivity (Wildman–Crippen MR) is 99.6 cm³/mol. The molecule has 0 atom stereocenters. The van der Waals surface area contributed by atoms with Gasteiger partial charge in [-0.25, -0.2) is 0 Å². The molecule has 9 heteroatoms. The third-order valence-electron chi connectivity index (χ3n) is 4.70. The van der Waals surface area contributed by atoms with Crippen LogP contribution in [0.4, 0.5) is 13.2 Å². The molecule has 0 aliphatic heterocycles. The number of nitrogens with zero attached hydrogens (tertiary/aromatic N) is 3. The third kappa shape index (κ3) is 4.67. The largest absolute Gasteiger partial charge is 0.508 e. The Balaban J connectivity index is 1.88. The molecule has 0 aliphatic carbocycles. The number of halogens is 3. The normalized spacial score (nSPS) is 12.4. The molecule has 0 amide bonds. The number of carboxylic acid groups (broad SMARTS) is 1. The number of fused-ring (bicyclic) bond motifs is 1. The highest BCUT2D eigenvalue weighted by atomic mass is 19.4. The van der Waals surface area contributed by atoms with Crippen LogP contribution in [0.15, 0.2) is 36.4 Å². The molecule has 2 aromatic carbocycles. The summed E-state index contributed by atoms with van der Waals surface area (Å²) in [7, 11) is 0. The molecule has 154 valence electrons. The van der Waals surface area contributed by atoms with Gasteiger partial charge in [-0.15, -0.1) is 0 Å². The Bertz CT molecular complexity index is 1060. The molecule has 0 saturated heterocycles. The molecule has 2 N–H and O–H groups in total. The maximum atomic E-state index is 12.9. The summed E-state index contributed by atoms with van der Waals surface area (Å²) in [5, 5.41) is 27.5. The topological polar surface area (TPSA) is 88.2 Å². The Hall–Kier alpha value is -3.10. The first-order chi connectivity index (χ1) is 13.5. The van der Waals surface area contributed by atoms with E-state index in [0.29, 0.717) is 17.5 Å². The van der Waals surface area contributed by atoms with Crippen molar-refractivity contribution in [3.8, 4) is 5.75 Å². The number of phenols is 1. The molecule has 0 radical (unpaired) electrons. The van der Waals surface area contributed by atoms with Crippen molar-refractivity contribution in [2.75, 3.05) is 0 Å². The molecule has 0 unspecified atom stereocenters. The second kappa shape index (κ2) is 7.38. The average molecular weight is 407 g/mol. The SMILES string of the molecule is CC(C)(Cn1nc2ccc(C(F)(F)F)cc2n1)c1cc(CCC(=O)O)ccc1O. The van der Waals surface area contributed by atoms with Gasteiger partial charge in [-0.3, -0.25) is 4.79 Å². The fourth-order valence-electron chi connectivity index (χ4n) is 3.18. The van der Waals surface area contributed by atoms with E-state index in [0.717, 1.165) is 17.7 Å². The fraction of sp³-hybridized carbons (Fsp3) is 0.350. The zero-order valence-corrected chi connectivity index (χ0v) is 15.9. The van der Waals surface area contributed by atoms with Gasteiger partial charge in [0.2, 0.25) is 0 Å². The highest BCUT2D eigenvalue weighted by Crippen LogP contribution is 2.34. The summed E-state index contributed by atoms with van der Waals surface area (Å²) in [6.45, 7) is 3.90. The zero-order valence-electron chi connectivity index (χ0n) is 15.9. The second-order valence-corrected chi connectivity index (χ2v) is 7.56. The minimum absolute atomic E-state index is 0.0295. The highest BCUT2D eigenvalue weighted by molar-refractivity contribution is 5.74. The number of hydrogen-bond acceptors (Lipinski definition) is 4. The van der Waals surface area contributed by atoms with Crippen LogP contribution in [0.3, 0.4) is 0 Å². The first-order valence-corrected chi connectivity index (χ1v) is 8.92. The summed E-state index contributed by atoms with van der Waals surface area (Å²) in [5.41, 5.74) is 0.369. The molecule has 3 aromatic rings. The lowest BCUT2D eigenvalue weighted by molar-refractivity contribution is -0.138. The monoisotopic (exact) mass is 407 g/mol. The minimum atomic E-state index is -4.46. The molecule has 0 bridgehead atoms. The molecule has 3 rings (SSSR count). The molecule has 0 spiro atoms. The van der Waals surface area contributed by atoms with Crippen molar-refractivity contribution >= 4 is 17.0 Å². The molecule has 0 saturated carbocycles. The summed E-state index contributed by atoms with van der Waals surface area (Å²) in [6.07, 6.45) is -4.17. The lowest BCUT2D eigenvalue weighted by Gasteiger charge is -2.26. The maximum Gasteiger partial charge on any atom is 0.416 e. The van der Waals surface area contributed by atoms with Gasteiger partial charge in [-0.1, -0.05) is 26.0 Å². The van der Waals surface area contributed by atoms with Crippen LogP contribution in [0.25, 0.3) is 11.0 Å². The Kier molecular flexibility index (Phi) is 5.25. The number of aliphatic carboxylic acids is 1. The Morgan fingerprint density at radius 1 is 1.07 bits per heavy atom. The molecular formula is C20H20F3N3O3. The number of phenolic OH excluding ortho intramolecular Hbond substituents is 1. The molecular weight excluding hydrogens is 387 g/mol. The Labute approximate surface area is 164 Å². The van der Waals surface area contributed by atoms with E-state index in [1.165, 1.54) is 16.9 Å². The number of aryl methyl sites for hydroxylation is 1. The van der Waals surface area contributed by atoms with Gasteiger partial charge in [-0.05, 0) is 36.2 Å². The smallest absolute Gasteiger partial charge is 0.416 e. The third-order valence-corrected chi connectivity index (χ3v) is 4.70. The molecule has 0 fully saturated rings. The van der Waals surface area contributed by atoms with Crippen molar-refractivity contribution in [3.63, 3.8) is 0 Å². The van der Waals surface area contributed by atoms with E-state index >= 15 is 0 Å². The standard InChI is InChI=1S/C20H20F3N3O3/c1-19(2,14-9-12(3-7-17(14)27)4-8-18(28)29)11-26-24-15-6-5-13(20(21,22)23)10-16(15)25-26/h3,5-7,9-10,27H,4,8,11H2,1-2H3,(H,28,29). The van der Waals surface area contributed by atoms with Crippen molar-refractivity contribution in [3.05, 3.63) is 53.1 Å². The van der Waals surface area contributed by atoms with Gasteiger partial charge in [0.1, 0.15) is 16.8 Å². The highest BCUT2D eigenvalue weighted by Gasteiger charge is 2.31. The van der Waals surface area contributed by atoms with Gasteiger partial charge in [0.05, 0.1) is 12.1 Å². The van der Waals surface area contributed by atoms with Crippen LogP contribution >= 0.6 is 0 Å². The predicted octanol–water partition coefficient (Wildman–Crippen LogP) is 4.15. The van der Waals surface area contributed by atoms with E-state index in [2.05, 4.69) is 10.2 Å². The number of rotatable bonds is 6. The number of aromatic nitrogens is 3. The summed E-state index contributed by atoms with van der Waals surface area (Å²) < 4.78 is 38.7. The van der Waals surface area contributed by atoms with E-state index in [-0.39, 0.29) is 24.2 Å². The van der Waals surface area contributed by atoms with Gasteiger partial charge in [-0.2, -0.15) is 28.2 Å². The van der Waals surface area contributed by atoms with E-state index in [9.17, 15) is 23.1 Å². The lowest BCUT2D eigenvalue weighted by Crippen LogP contribution is -2.26. The van der Waals surface area contributed by atoms with Crippen LogP contribution in [-0.2, 0) is 29.4 Å². The molecule has 6 nitrogen and oxygen atoms in total. The Morgan fingerprint density at radius 3 is 2.41 bits per heavy atom. The van der Waals surface area contributed by atoms with Crippen LogP contribution in [0.5, 0.6) is 5.75 Å². The van der Waals surface area contributed by atoms with Gasteiger partial charge >= 0.3 is 12.1 Å². The first-order valence-electron chi connectivity index (χ1n) is 8.92. The minimum Gasteiger partial charge on any atom is -0.508 e. The van der Waals surface area contributed by atoms with Crippen LogP contribution in [0, 0.1) is 0 Å². The number of carbonyl (C=O) groups is 1. The number of benzene rings is 2. The number of hydrogen-bond donors (Lipinski definition) is 2. The summed E-state index contributed by atoms with van der Waals surface area (Å²) in [4.78, 5) is 12.1. The molecule has 0 aliphatic rings. The van der Waals surface area contributed by atoms with Crippen LogP contribution in [0.1, 0.15) is 37.0 Å². The second-order valence-electron chi connectivity index (χ2n) is 7.56. The number of alkyl halides is 3. The van der Waals surface area contributed by atoms with Crippen molar-refractivity contribution < 1.29 is 28.2 Å². The van der Waals surface area contributed by atoms with Gasteiger partial charge in [0.15, 0.2) is 0 Å². The summed E-state index contributed by atoms with van der Waals surface area (Å²) >= 11 is 0. The quantitative estimate of drug-likeness (QED) is 0.641. The average Bonchev–Trinajstić information content (AvgIpc) is 3.00. The van der Waals surface area contributed by atoms with E-state index in [1.807, 2.05) is 13.8 Å². The van der Waals surface area contributed by atoms with Crippen molar-refractivity contribution in [1.29, 1.82) is 0 Å². The molecule has 1 heterocycles. The van der Waals surface area contributed by atoms with Gasteiger partial charge < -0.3 is 10.2 Å². The van der Waals surface area contributed by atoms with Crippen LogP contribution < -0.4 is 0 Å². The van der Waals surface area contributed by atoms with Gasteiger partial charge in [0.25, 0.3) is 0 Å². The maximum absolute atomic E-state index is 12.9. The summed E-state index contributed by atoms with van der Waals surface area (Å²) in [5.74, 6) is -0.866. The van der Waals surface area contributed by atoms with E-state index in [1.54, 1.807) is 12.1 Å². The van der Waals surface area contributed by atoms with Gasteiger partial charge in [0, 0.05) is 17.4 Å². The fourth-order valence-corrected chi connectivity index (χ4v) is 3.18. The number of aromatic hydroxyl groups is 1. The van der Waals surface area contributed by atoms with E-state index < -0.39 is 23.1 Å². The summed E-state index contributed by atoms with van der Waals surface area (Å²) in [6, 6.07) is 8.11. The first kappa shape index (κ1) is 20.6. The van der Waals surface area contributed by atoms with Crippen LogP contribution in [-0.4, -0.2) is 31.2 Å². The molecule has 29 heavy (non-hydrogen) atoms.